The first-order valence-electron chi connectivity index (χ1n) is 5.91. The molecule has 4 nitrogen and oxygen atoms in total. The van der Waals surface area contributed by atoms with Crippen LogP contribution in [0.25, 0.3) is 0 Å². The van der Waals surface area contributed by atoms with Crippen LogP contribution in [0.5, 0.6) is 0 Å². The fraction of sp³-hybridized carbons (Fsp3) is 0.231. The van der Waals surface area contributed by atoms with E-state index in [1.807, 2.05) is 18.2 Å². The molecule has 0 saturated carbocycles. The molecule has 1 aromatic heterocycles. The maximum absolute atomic E-state index is 12.4. The molecule has 1 heterocycles. The minimum absolute atomic E-state index is 0.174. The zero-order valence-electron chi connectivity index (χ0n) is 11.1. The summed E-state index contributed by atoms with van der Waals surface area (Å²) < 4.78 is 28.4. The van der Waals surface area contributed by atoms with Crippen LogP contribution in [-0.4, -0.2) is 8.42 Å². The van der Waals surface area contributed by atoms with Crippen LogP contribution >= 0.6 is 27.3 Å². The van der Waals surface area contributed by atoms with E-state index in [-0.39, 0.29) is 11.4 Å². The lowest BCUT2D eigenvalue weighted by molar-refractivity contribution is 0.581. The number of nitrogens with two attached hydrogens (primary N) is 1. The number of hydrogen-bond donors (Lipinski definition) is 2. The molecule has 7 heteroatoms. The van der Waals surface area contributed by atoms with Crippen molar-refractivity contribution in [2.75, 3.05) is 5.73 Å². The van der Waals surface area contributed by atoms with Crippen molar-refractivity contribution in [1.82, 2.24) is 4.72 Å². The third kappa shape index (κ3) is 3.22. The second-order valence-corrected chi connectivity index (χ2v) is 8.72. The molecule has 20 heavy (non-hydrogen) atoms. The third-order valence-corrected chi connectivity index (χ3v) is 6.17. The number of sulfonamides is 1. The van der Waals surface area contributed by atoms with Crippen molar-refractivity contribution in [3.63, 3.8) is 0 Å². The van der Waals surface area contributed by atoms with Crippen LogP contribution in [0, 0.1) is 13.8 Å². The summed E-state index contributed by atoms with van der Waals surface area (Å²) in [5, 5.41) is 0. The number of hydrogen-bond acceptors (Lipinski definition) is 4. The van der Waals surface area contributed by atoms with Gasteiger partial charge in [-0.25, -0.2) is 13.1 Å². The number of thiophene rings is 1. The highest BCUT2D eigenvalue weighted by molar-refractivity contribution is 9.11. The zero-order chi connectivity index (χ0) is 14.9. The van der Waals surface area contributed by atoms with Crippen LogP contribution in [0.15, 0.2) is 32.9 Å². The topological polar surface area (TPSA) is 72.2 Å². The third-order valence-electron chi connectivity index (χ3n) is 2.94. The average Bonchev–Trinajstić information content (AvgIpc) is 2.78. The molecule has 0 aliphatic heterocycles. The molecule has 0 aliphatic carbocycles. The predicted octanol–water partition coefficient (Wildman–Crippen LogP) is 3.19. The Labute approximate surface area is 131 Å². The molecule has 1 aromatic carbocycles. The van der Waals surface area contributed by atoms with Gasteiger partial charge in [-0.3, -0.25) is 0 Å². The van der Waals surface area contributed by atoms with Crippen LogP contribution in [0.1, 0.15) is 16.0 Å². The first-order valence-corrected chi connectivity index (χ1v) is 9.00. The monoisotopic (exact) mass is 374 g/mol. The molecular weight excluding hydrogens is 360 g/mol. The molecule has 0 fully saturated rings. The molecule has 0 amide bonds. The molecule has 0 spiro atoms. The van der Waals surface area contributed by atoms with E-state index in [0.717, 1.165) is 14.2 Å². The Kier molecular flexibility index (Phi) is 4.53. The Hall–Kier alpha value is -0.890. The average molecular weight is 375 g/mol. The van der Waals surface area contributed by atoms with Crippen LogP contribution in [0.3, 0.4) is 0 Å². The van der Waals surface area contributed by atoms with E-state index in [4.69, 9.17) is 5.73 Å². The zero-order valence-corrected chi connectivity index (χ0v) is 14.3. The van der Waals surface area contributed by atoms with E-state index < -0.39 is 10.0 Å². The van der Waals surface area contributed by atoms with Gasteiger partial charge in [0.1, 0.15) is 4.90 Å². The van der Waals surface area contributed by atoms with Gasteiger partial charge in [0.05, 0.1) is 9.47 Å². The fourth-order valence-corrected chi connectivity index (χ4v) is 4.80. The minimum Gasteiger partial charge on any atom is -0.397 e. The van der Waals surface area contributed by atoms with Gasteiger partial charge in [0.2, 0.25) is 10.0 Å². The van der Waals surface area contributed by atoms with Gasteiger partial charge in [0.15, 0.2) is 0 Å². The molecule has 0 saturated heterocycles. The number of nitrogen functional groups attached to an aromatic ring is 1. The van der Waals surface area contributed by atoms with E-state index in [1.54, 1.807) is 19.9 Å². The number of benzene rings is 1. The largest absolute Gasteiger partial charge is 0.397 e. The summed E-state index contributed by atoms with van der Waals surface area (Å²) in [4.78, 5) is 1.11. The first-order chi connectivity index (χ1) is 9.31. The second-order valence-electron chi connectivity index (χ2n) is 4.47. The SMILES string of the molecule is Cc1ccc(C)c(S(=O)(=O)NCc2ccc(Br)s2)c1N. The van der Waals surface area contributed by atoms with Crippen molar-refractivity contribution in [2.45, 2.75) is 25.3 Å². The van der Waals surface area contributed by atoms with Gasteiger partial charge in [0, 0.05) is 11.4 Å². The summed E-state index contributed by atoms with van der Waals surface area (Å²) in [7, 11) is -3.62. The first kappa shape index (κ1) is 15.5. The number of anilines is 1. The van der Waals surface area contributed by atoms with Crippen molar-refractivity contribution >= 4 is 43.0 Å². The lowest BCUT2D eigenvalue weighted by Gasteiger charge is -2.13. The normalized spacial score (nSPS) is 11.8. The summed E-state index contributed by atoms with van der Waals surface area (Å²) >= 11 is 4.85. The van der Waals surface area contributed by atoms with Gasteiger partial charge >= 0.3 is 0 Å². The molecule has 108 valence electrons. The van der Waals surface area contributed by atoms with Gasteiger partial charge in [-0.2, -0.15) is 0 Å². The maximum atomic E-state index is 12.4. The molecule has 2 aromatic rings. The summed E-state index contributed by atoms with van der Waals surface area (Å²) in [5.41, 5.74) is 7.63. The van der Waals surface area contributed by atoms with Gasteiger partial charge in [0.25, 0.3) is 0 Å². The van der Waals surface area contributed by atoms with E-state index in [1.165, 1.54) is 11.3 Å². The quantitative estimate of drug-likeness (QED) is 0.807. The lowest BCUT2D eigenvalue weighted by Crippen LogP contribution is -2.25. The molecule has 3 N–H and O–H groups in total. The fourth-order valence-electron chi connectivity index (χ4n) is 1.85. The Morgan fingerprint density at radius 2 is 1.85 bits per heavy atom. The van der Waals surface area contributed by atoms with Crippen molar-refractivity contribution in [2.24, 2.45) is 0 Å². The molecule has 0 bridgehead atoms. The van der Waals surface area contributed by atoms with Crippen molar-refractivity contribution in [1.29, 1.82) is 0 Å². The molecule has 0 unspecified atom stereocenters. The Morgan fingerprint density at radius 1 is 1.20 bits per heavy atom. The van der Waals surface area contributed by atoms with E-state index in [2.05, 4.69) is 20.7 Å². The summed E-state index contributed by atoms with van der Waals surface area (Å²) in [6.45, 7) is 3.79. The summed E-state index contributed by atoms with van der Waals surface area (Å²) in [6.07, 6.45) is 0. The van der Waals surface area contributed by atoms with Crippen LogP contribution in [0.4, 0.5) is 5.69 Å². The minimum atomic E-state index is -3.62. The second kappa shape index (κ2) is 5.85. The number of nitrogens with one attached hydrogen (secondary N) is 1. The summed E-state index contributed by atoms with van der Waals surface area (Å²) in [6, 6.07) is 7.35. The molecular formula is C13H15BrN2O2S2. The van der Waals surface area contributed by atoms with E-state index >= 15 is 0 Å². The van der Waals surface area contributed by atoms with Crippen LogP contribution in [0.2, 0.25) is 0 Å². The molecule has 0 radical (unpaired) electrons. The Balaban J connectivity index is 2.29. The van der Waals surface area contributed by atoms with Crippen LogP contribution in [-0.2, 0) is 16.6 Å². The summed E-state index contributed by atoms with van der Waals surface area (Å²) in [5.74, 6) is 0. The smallest absolute Gasteiger partial charge is 0.243 e. The number of rotatable bonds is 4. The highest BCUT2D eigenvalue weighted by atomic mass is 79.9. The van der Waals surface area contributed by atoms with Gasteiger partial charge in [-0.15, -0.1) is 11.3 Å². The Bertz CT molecular complexity index is 739. The van der Waals surface area contributed by atoms with Crippen molar-refractivity contribution in [3.8, 4) is 0 Å². The molecule has 2 rings (SSSR count). The van der Waals surface area contributed by atoms with E-state index in [9.17, 15) is 8.42 Å². The highest BCUT2D eigenvalue weighted by Gasteiger charge is 2.21. The van der Waals surface area contributed by atoms with Gasteiger partial charge in [-0.05, 0) is 53.0 Å². The van der Waals surface area contributed by atoms with Crippen molar-refractivity contribution < 1.29 is 8.42 Å². The van der Waals surface area contributed by atoms with Crippen LogP contribution < -0.4 is 10.5 Å². The van der Waals surface area contributed by atoms with E-state index in [0.29, 0.717) is 11.3 Å². The molecule has 0 atom stereocenters. The van der Waals surface area contributed by atoms with Crippen molar-refractivity contribution in [3.05, 3.63) is 44.1 Å². The number of halogens is 1. The predicted molar refractivity (Wildman–Crippen MR) is 86.4 cm³/mol. The molecule has 0 aliphatic rings. The maximum Gasteiger partial charge on any atom is 0.243 e. The Morgan fingerprint density at radius 3 is 2.45 bits per heavy atom. The number of aryl methyl sites for hydroxylation is 2. The van der Waals surface area contributed by atoms with Gasteiger partial charge in [-0.1, -0.05) is 12.1 Å². The highest BCUT2D eigenvalue weighted by Crippen LogP contribution is 2.27. The lowest BCUT2D eigenvalue weighted by atomic mass is 10.1. The van der Waals surface area contributed by atoms with Gasteiger partial charge < -0.3 is 5.73 Å². The standard InChI is InChI=1S/C13H15BrN2O2S2/c1-8-3-4-9(2)13(12(8)15)20(17,18)16-7-10-5-6-11(14)19-10/h3-6,16H,7,15H2,1-2H3.